The lowest BCUT2D eigenvalue weighted by Gasteiger charge is -2.11. The highest BCUT2D eigenvalue weighted by molar-refractivity contribution is 6.11. The second-order valence-corrected chi connectivity index (χ2v) is 4.07. The third-order valence-corrected chi connectivity index (χ3v) is 2.56. The minimum absolute atomic E-state index is 0.534. The van der Waals surface area contributed by atoms with Gasteiger partial charge in [-0.15, -0.1) is 0 Å². The van der Waals surface area contributed by atoms with Gasteiger partial charge in [-0.1, -0.05) is 17.7 Å². The lowest BCUT2D eigenvalue weighted by atomic mass is 9.99. The van der Waals surface area contributed by atoms with Crippen molar-refractivity contribution in [2.75, 3.05) is 0 Å². The van der Waals surface area contributed by atoms with Crippen molar-refractivity contribution in [3.63, 3.8) is 0 Å². The first-order valence-electron chi connectivity index (χ1n) is 5.56. The average molecular weight is 228 g/mol. The number of amidine groups is 1. The molecule has 88 valence electrons. The molecule has 0 aromatic carbocycles. The molecule has 0 bridgehead atoms. The number of aromatic amines is 1. The van der Waals surface area contributed by atoms with Gasteiger partial charge in [-0.2, -0.15) is 0 Å². The Hall–Kier alpha value is -2.10. The van der Waals surface area contributed by atoms with Crippen molar-refractivity contribution in [2.45, 2.75) is 20.3 Å². The maximum Gasteiger partial charge on any atom is 0.137 e. The van der Waals surface area contributed by atoms with Crippen LogP contribution in [0.15, 0.2) is 46.9 Å². The van der Waals surface area contributed by atoms with E-state index in [2.05, 4.69) is 21.0 Å². The van der Waals surface area contributed by atoms with Gasteiger partial charge in [0, 0.05) is 29.7 Å². The Morgan fingerprint density at radius 3 is 2.88 bits per heavy atom. The van der Waals surface area contributed by atoms with Crippen LogP contribution >= 0.6 is 0 Å². The summed E-state index contributed by atoms with van der Waals surface area (Å²) in [5.74, 6) is 1.36. The molecule has 17 heavy (non-hydrogen) atoms. The van der Waals surface area contributed by atoms with Crippen molar-refractivity contribution in [3.05, 3.63) is 47.7 Å². The molecule has 1 aliphatic rings. The van der Waals surface area contributed by atoms with E-state index in [9.17, 15) is 0 Å². The van der Waals surface area contributed by atoms with Crippen LogP contribution in [-0.2, 0) is 0 Å². The molecular formula is C13H16N4. The number of rotatable bonds is 2. The van der Waals surface area contributed by atoms with Crippen molar-refractivity contribution in [3.8, 4) is 0 Å². The predicted octanol–water partition coefficient (Wildman–Crippen LogP) is 2.40. The number of aromatic nitrogens is 2. The van der Waals surface area contributed by atoms with Gasteiger partial charge < -0.3 is 10.7 Å². The normalized spacial score (nSPS) is 14.9. The van der Waals surface area contributed by atoms with Crippen LogP contribution in [0.25, 0.3) is 5.57 Å². The van der Waals surface area contributed by atoms with Gasteiger partial charge in [0.25, 0.3) is 0 Å². The Bertz CT molecular complexity index is 512. The molecule has 1 aromatic rings. The Balaban J connectivity index is 2.50. The summed E-state index contributed by atoms with van der Waals surface area (Å²) in [6.45, 7) is 4.09. The highest BCUT2D eigenvalue weighted by Gasteiger charge is 2.15. The molecule has 4 nitrogen and oxygen atoms in total. The fraction of sp³-hybridized carbons (Fsp3) is 0.231. The van der Waals surface area contributed by atoms with Gasteiger partial charge in [-0.25, -0.2) is 9.98 Å². The molecule has 0 saturated carbocycles. The summed E-state index contributed by atoms with van der Waals surface area (Å²) in [6.07, 6.45) is 10.2. The number of hydrogen-bond acceptors (Lipinski definition) is 3. The zero-order valence-corrected chi connectivity index (χ0v) is 10.1. The second-order valence-electron chi connectivity index (χ2n) is 4.07. The Labute approximate surface area is 101 Å². The summed E-state index contributed by atoms with van der Waals surface area (Å²) in [5.41, 5.74) is 9.11. The number of imidazole rings is 1. The predicted molar refractivity (Wildman–Crippen MR) is 70.3 cm³/mol. The van der Waals surface area contributed by atoms with E-state index in [1.165, 1.54) is 0 Å². The van der Waals surface area contributed by atoms with Gasteiger partial charge in [-0.3, -0.25) is 0 Å². The first-order valence-corrected chi connectivity index (χ1v) is 5.56. The standard InChI is InChI=1S/C13H16N4/c1-9(2)11(13-16-7-8-17-13)10-5-3-4-6-15-12(10)14/h4-8H,3H2,1-2H3,(H2,14,15)(H,16,17). The molecule has 4 heteroatoms. The monoisotopic (exact) mass is 228 g/mol. The van der Waals surface area contributed by atoms with E-state index in [-0.39, 0.29) is 0 Å². The summed E-state index contributed by atoms with van der Waals surface area (Å²) in [5, 5.41) is 0. The fourth-order valence-corrected chi connectivity index (χ4v) is 1.82. The highest BCUT2D eigenvalue weighted by atomic mass is 14.9. The van der Waals surface area contributed by atoms with Crippen molar-refractivity contribution in [1.29, 1.82) is 0 Å². The number of H-pyrrole nitrogens is 1. The highest BCUT2D eigenvalue weighted by Crippen LogP contribution is 2.25. The van der Waals surface area contributed by atoms with E-state index in [0.29, 0.717) is 5.84 Å². The molecule has 2 heterocycles. The van der Waals surface area contributed by atoms with Crippen molar-refractivity contribution < 1.29 is 0 Å². The van der Waals surface area contributed by atoms with Gasteiger partial charge in [0.2, 0.25) is 0 Å². The van der Waals surface area contributed by atoms with Crippen LogP contribution in [0.5, 0.6) is 0 Å². The second kappa shape index (κ2) is 4.82. The molecule has 0 aliphatic carbocycles. The molecule has 1 aromatic heterocycles. The summed E-state index contributed by atoms with van der Waals surface area (Å²) in [7, 11) is 0. The first kappa shape index (κ1) is 11.4. The fourth-order valence-electron chi connectivity index (χ4n) is 1.82. The summed E-state index contributed by atoms with van der Waals surface area (Å²) < 4.78 is 0. The van der Waals surface area contributed by atoms with Crippen LogP contribution in [-0.4, -0.2) is 15.8 Å². The minimum Gasteiger partial charge on any atom is -0.383 e. The lowest BCUT2D eigenvalue weighted by molar-refractivity contribution is 1.21. The Morgan fingerprint density at radius 2 is 2.24 bits per heavy atom. The molecule has 0 amide bonds. The molecule has 2 rings (SSSR count). The summed E-state index contributed by atoms with van der Waals surface area (Å²) in [6, 6.07) is 0. The molecule has 0 fully saturated rings. The van der Waals surface area contributed by atoms with Crippen LogP contribution < -0.4 is 5.73 Å². The number of nitrogens with zero attached hydrogens (tertiary/aromatic N) is 2. The number of nitrogens with one attached hydrogen (secondary N) is 1. The molecule has 0 radical (unpaired) electrons. The van der Waals surface area contributed by atoms with Crippen molar-refractivity contribution >= 4 is 11.4 Å². The quantitative estimate of drug-likeness (QED) is 0.816. The SMILES string of the molecule is CC(C)=C(C1=CCC=CN=C1N)c1ncc[nH]1. The molecule has 0 spiro atoms. The number of nitrogens with two attached hydrogens (primary N) is 1. The lowest BCUT2D eigenvalue weighted by Crippen LogP contribution is -2.16. The van der Waals surface area contributed by atoms with E-state index in [1.54, 1.807) is 18.6 Å². The molecule has 0 saturated heterocycles. The third kappa shape index (κ3) is 2.36. The van der Waals surface area contributed by atoms with Crippen LogP contribution in [0.4, 0.5) is 0 Å². The average Bonchev–Trinajstić information content (AvgIpc) is 2.71. The number of hydrogen-bond donors (Lipinski definition) is 2. The van der Waals surface area contributed by atoms with E-state index >= 15 is 0 Å². The molecule has 3 N–H and O–H groups in total. The van der Waals surface area contributed by atoms with Gasteiger partial charge in [0.1, 0.15) is 11.7 Å². The van der Waals surface area contributed by atoms with Crippen LogP contribution in [0.2, 0.25) is 0 Å². The number of aliphatic imine (C=N–C) groups is 1. The van der Waals surface area contributed by atoms with E-state index < -0.39 is 0 Å². The van der Waals surface area contributed by atoms with Gasteiger partial charge in [-0.05, 0) is 20.3 Å². The molecular weight excluding hydrogens is 212 g/mol. The van der Waals surface area contributed by atoms with Crippen molar-refractivity contribution in [1.82, 2.24) is 9.97 Å². The Kier molecular flexibility index (Phi) is 3.23. The smallest absolute Gasteiger partial charge is 0.137 e. The van der Waals surface area contributed by atoms with Gasteiger partial charge >= 0.3 is 0 Å². The topological polar surface area (TPSA) is 67.1 Å². The zero-order valence-electron chi connectivity index (χ0n) is 10.1. The largest absolute Gasteiger partial charge is 0.383 e. The minimum atomic E-state index is 0.534. The van der Waals surface area contributed by atoms with Crippen LogP contribution in [0.1, 0.15) is 26.1 Å². The molecule has 1 aliphatic heterocycles. The van der Waals surface area contributed by atoms with Gasteiger partial charge in [0.15, 0.2) is 0 Å². The Morgan fingerprint density at radius 1 is 1.41 bits per heavy atom. The van der Waals surface area contributed by atoms with Crippen molar-refractivity contribution in [2.24, 2.45) is 10.7 Å². The zero-order chi connectivity index (χ0) is 12.3. The van der Waals surface area contributed by atoms with E-state index in [4.69, 9.17) is 5.73 Å². The molecule has 0 unspecified atom stereocenters. The van der Waals surface area contributed by atoms with E-state index in [0.717, 1.165) is 29.0 Å². The first-order chi connectivity index (χ1) is 8.20. The van der Waals surface area contributed by atoms with Gasteiger partial charge in [0.05, 0.1) is 0 Å². The molecule has 0 atom stereocenters. The van der Waals surface area contributed by atoms with Crippen LogP contribution in [0, 0.1) is 0 Å². The number of allylic oxidation sites excluding steroid dienone is 3. The maximum atomic E-state index is 5.98. The van der Waals surface area contributed by atoms with E-state index in [1.807, 2.05) is 19.9 Å². The summed E-state index contributed by atoms with van der Waals surface area (Å²) in [4.78, 5) is 11.6. The summed E-state index contributed by atoms with van der Waals surface area (Å²) >= 11 is 0. The third-order valence-electron chi connectivity index (χ3n) is 2.56. The maximum absolute atomic E-state index is 5.98. The van der Waals surface area contributed by atoms with Crippen LogP contribution in [0.3, 0.4) is 0 Å².